The molecule has 0 aromatic rings. The van der Waals surface area contributed by atoms with Crippen molar-refractivity contribution in [3.05, 3.63) is 60.3 Å². The summed E-state index contributed by atoms with van der Waals surface area (Å²) in [4.78, 5) is 13.1. The van der Waals surface area contributed by atoms with E-state index in [1.807, 2.05) is 12.2 Å². The molecule has 0 spiro atoms. The highest BCUT2D eigenvalue weighted by Crippen LogP contribution is 2.40. The maximum Gasteiger partial charge on any atom is 0.223 e. The summed E-state index contributed by atoms with van der Waals surface area (Å²) in [6, 6.07) is 0. The highest BCUT2D eigenvalue weighted by atomic mass is 16.2. The molecule has 2 aliphatic rings. The van der Waals surface area contributed by atoms with Crippen molar-refractivity contribution in [1.82, 2.24) is 5.32 Å². The number of hydrogen-bond donors (Lipinski definition) is 1. The maximum absolute atomic E-state index is 13.1. The third kappa shape index (κ3) is 7.98. The maximum atomic E-state index is 13.1. The quantitative estimate of drug-likeness (QED) is 0.312. The van der Waals surface area contributed by atoms with Gasteiger partial charge in [-0.05, 0) is 103 Å². The molecule has 0 saturated carbocycles. The van der Waals surface area contributed by atoms with Crippen LogP contribution in [-0.4, -0.2) is 11.4 Å². The number of carbonyl (C=O) groups is 1. The minimum absolute atomic E-state index is 0.0964. The van der Waals surface area contributed by atoms with E-state index in [0.717, 1.165) is 32.1 Å². The van der Waals surface area contributed by atoms with Gasteiger partial charge < -0.3 is 5.32 Å². The average molecular weight is 424 g/mol. The Morgan fingerprint density at radius 2 is 1.94 bits per heavy atom. The van der Waals surface area contributed by atoms with Crippen molar-refractivity contribution in [2.45, 2.75) is 97.4 Å². The molecule has 0 radical (unpaired) electrons. The number of carbonyl (C=O) groups excluding carboxylic acids is 1. The normalized spacial score (nSPS) is 25.9. The Labute approximate surface area is 191 Å². The summed E-state index contributed by atoms with van der Waals surface area (Å²) in [6.45, 7) is 16.2. The monoisotopic (exact) mass is 423 g/mol. The molecular formula is C29H45NO. The number of hydrogen-bond acceptors (Lipinski definition) is 1. The van der Waals surface area contributed by atoms with Crippen LogP contribution in [0.25, 0.3) is 0 Å². The van der Waals surface area contributed by atoms with Gasteiger partial charge in [0.05, 0.1) is 0 Å². The van der Waals surface area contributed by atoms with Crippen molar-refractivity contribution < 1.29 is 4.79 Å². The molecule has 0 heterocycles. The van der Waals surface area contributed by atoms with Crippen molar-refractivity contribution >= 4 is 5.91 Å². The number of rotatable bonds is 8. The van der Waals surface area contributed by atoms with E-state index in [1.54, 1.807) is 11.1 Å². The lowest BCUT2D eigenvalue weighted by molar-refractivity contribution is -0.128. The van der Waals surface area contributed by atoms with Gasteiger partial charge in [-0.15, -0.1) is 6.58 Å². The molecule has 2 rings (SSSR count). The molecule has 0 fully saturated rings. The Morgan fingerprint density at radius 3 is 2.61 bits per heavy atom. The summed E-state index contributed by atoms with van der Waals surface area (Å²) in [6.07, 6.45) is 22.0. The van der Waals surface area contributed by atoms with Gasteiger partial charge in [-0.3, -0.25) is 4.79 Å². The number of allylic oxidation sites excluding steroid dienone is 8. The number of amides is 1. The topological polar surface area (TPSA) is 29.1 Å². The van der Waals surface area contributed by atoms with Crippen molar-refractivity contribution in [3.8, 4) is 0 Å². The summed E-state index contributed by atoms with van der Waals surface area (Å²) >= 11 is 0. The van der Waals surface area contributed by atoms with Crippen LogP contribution in [0.1, 0.15) is 91.9 Å². The van der Waals surface area contributed by atoms with Crippen LogP contribution in [0.15, 0.2) is 60.3 Å². The van der Waals surface area contributed by atoms with Crippen LogP contribution in [-0.2, 0) is 4.79 Å². The van der Waals surface area contributed by atoms with Crippen LogP contribution in [0.3, 0.4) is 0 Å². The van der Waals surface area contributed by atoms with E-state index in [4.69, 9.17) is 0 Å². The Hall–Kier alpha value is -1.83. The molecule has 2 aliphatic carbocycles. The predicted octanol–water partition coefficient (Wildman–Crippen LogP) is 7.85. The van der Waals surface area contributed by atoms with E-state index >= 15 is 0 Å². The fraction of sp³-hybridized carbons (Fsp3) is 0.621. The summed E-state index contributed by atoms with van der Waals surface area (Å²) in [5.74, 6) is 1.40. The second-order valence-corrected chi connectivity index (χ2v) is 10.5. The third-order valence-electron chi connectivity index (χ3n) is 6.92. The minimum Gasteiger partial charge on any atom is -0.351 e. The molecule has 0 saturated heterocycles. The van der Waals surface area contributed by atoms with E-state index in [-0.39, 0.29) is 17.4 Å². The van der Waals surface area contributed by atoms with Crippen LogP contribution in [0.2, 0.25) is 0 Å². The zero-order valence-corrected chi connectivity index (χ0v) is 20.5. The number of nitrogens with one attached hydrogen (secondary N) is 1. The standard InChI is InChI=1S/C29H45NO/c1-7-9-14-23-15-13-21-26(22(23)3)24-16-11-18-25(19-12-17-24)27(20-10-8-2)28(31)30-29(4,5)6/h7-9,14,16,25-27H,1-2,10-13,15,17-21H2,3-6H3,(H,30,31)/b14-9-,24-16-. The van der Waals surface area contributed by atoms with Crippen LogP contribution in [0.5, 0.6) is 0 Å². The molecule has 0 aromatic heterocycles. The smallest absolute Gasteiger partial charge is 0.223 e. The first-order valence-electron chi connectivity index (χ1n) is 12.4. The van der Waals surface area contributed by atoms with Crippen LogP contribution in [0.4, 0.5) is 0 Å². The Balaban J connectivity index is 2.11. The SMILES string of the molecule is C=C/C=C\C1=C(C)C(/C2=C\CCC(C(CCC=C)C(=O)NC(C)(C)C)CCC2)CCC1. The first kappa shape index (κ1) is 25.4. The second-order valence-electron chi connectivity index (χ2n) is 10.5. The Kier molecular flexibility index (Phi) is 10.1. The largest absolute Gasteiger partial charge is 0.351 e. The lowest BCUT2D eigenvalue weighted by Gasteiger charge is -2.33. The summed E-state index contributed by atoms with van der Waals surface area (Å²) < 4.78 is 0. The van der Waals surface area contributed by atoms with E-state index in [0.29, 0.717) is 11.8 Å². The zero-order valence-electron chi connectivity index (χ0n) is 20.5. The summed E-state index contributed by atoms with van der Waals surface area (Å²) in [5, 5.41) is 3.24. The van der Waals surface area contributed by atoms with Crippen molar-refractivity contribution in [1.29, 1.82) is 0 Å². The van der Waals surface area contributed by atoms with Crippen molar-refractivity contribution in [2.75, 3.05) is 0 Å². The fourth-order valence-corrected chi connectivity index (χ4v) is 5.35. The molecule has 0 aromatic carbocycles. The molecule has 3 atom stereocenters. The van der Waals surface area contributed by atoms with E-state index in [1.165, 1.54) is 37.7 Å². The molecule has 3 unspecified atom stereocenters. The highest BCUT2D eigenvalue weighted by Gasteiger charge is 2.31. The molecule has 0 bridgehead atoms. The lowest BCUT2D eigenvalue weighted by atomic mass is 9.74. The zero-order chi connectivity index (χ0) is 22.9. The molecule has 0 aliphatic heterocycles. The molecule has 1 N–H and O–H groups in total. The van der Waals surface area contributed by atoms with E-state index < -0.39 is 0 Å². The first-order valence-corrected chi connectivity index (χ1v) is 12.4. The van der Waals surface area contributed by atoms with Crippen LogP contribution >= 0.6 is 0 Å². The van der Waals surface area contributed by atoms with E-state index in [2.05, 4.69) is 64.4 Å². The van der Waals surface area contributed by atoms with Crippen molar-refractivity contribution in [2.24, 2.45) is 17.8 Å². The van der Waals surface area contributed by atoms with Gasteiger partial charge >= 0.3 is 0 Å². The van der Waals surface area contributed by atoms with Crippen molar-refractivity contribution in [3.63, 3.8) is 0 Å². The van der Waals surface area contributed by atoms with Crippen LogP contribution in [0, 0.1) is 17.8 Å². The lowest BCUT2D eigenvalue weighted by Crippen LogP contribution is -2.45. The second kappa shape index (κ2) is 12.3. The fourth-order valence-electron chi connectivity index (χ4n) is 5.35. The molecule has 2 heteroatoms. The molecule has 1 amide bonds. The Morgan fingerprint density at radius 1 is 1.19 bits per heavy atom. The van der Waals surface area contributed by atoms with Gasteiger partial charge in [0, 0.05) is 17.4 Å². The van der Waals surface area contributed by atoms with Gasteiger partial charge in [-0.25, -0.2) is 0 Å². The summed E-state index contributed by atoms with van der Waals surface area (Å²) in [5.41, 5.74) is 4.52. The predicted molar refractivity (Wildman–Crippen MR) is 135 cm³/mol. The van der Waals surface area contributed by atoms with Gasteiger partial charge in [0.1, 0.15) is 0 Å². The minimum atomic E-state index is -0.180. The van der Waals surface area contributed by atoms with Crippen LogP contribution < -0.4 is 5.32 Å². The molecular weight excluding hydrogens is 378 g/mol. The summed E-state index contributed by atoms with van der Waals surface area (Å²) in [7, 11) is 0. The average Bonchev–Trinajstić information content (AvgIpc) is 2.67. The van der Waals surface area contributed by atoms with Gasteiger partial charge in [0.2, 0.25) is 5.91 Å². The molecule has 31 heavy (non-hydrogen) atoms. The first-order chi connectivity index (χ1) is 14.8. The van der Waals surface area contributed by atoms with Gasteiger partial charge in [-0.2, -0.15) is 0 Å². The third-order valence-corrected chi connectivity index (χ3v) is 6.92. The van der Waals surface area contributed by atoms with Gasteiger partial charge in [0.25, 0.3) is 0 Å². The highest BCUT2D eigenvalue weighted by molar-refractivity contribution is 5.79. The van der Waals surface area contributed by atoms with Gasteiger partial charge in [0.15, 0.2) is 0 Å². The molecule has 172 valence electrons. The van der Waals surface area contributed by atoms with E-state index in [9.17, 15) is 4.79 Å². The van der Waals surface area contributed by atoms with Gasteiger partial charge in [-0.1, -0.05) is 48.1 Å². The molecule has 2 nitrogen and oxygen atoms in total. The Bertz CT molecular complexity index is 716.